The van der Waals surface area contributed by atoms with Crippen LogP contribution >= 0.6 is 0 Å². The fourth-order valence-corrected chi connectivity index (χ4v) is 4.71. The van der Waals surface area contributed by atoms with E-state index in [9.17, 15) is 8.78 Å². The number of hydrogen-bond acceptors (Lipinski definition) is 6. The van der Waals surface area contributed by atoms with E-state index in [0.717, 1.165) is 72.6 Å². The lowest BCUT2D eigenvalue weighted by Crippen LogP contribution is -2.47. The molecule has 1 saturated heterocycles. The van der Waals surface area contributed by atoms with E-state index in [1.54, 1.807) is 12.1 Å². The molecular formula is C27H25F2N5O2. The zero-order chi connectivity index (χ0) is 24.5. The van der Waals surface area contributed by atoms with Gasteiger partial charge in [-0.3, -0.25) is 10.00 Å². The molecular weight excluding hydrogens is 464 g/mol. The average Bonchev–Trinajstić information content (AvgIpc) is 3.51. The van der Waals surface area contributed by atoms with Crippen LogP contribution in [0.2, 0.25) is 0 Å². The summed E-state index contributed by atoms with van der Waals surface area (Å²) >= 11 is 0. The van der Waals surface area contributed by atoms with Crippen molar-refractivity contribution < 1.29 is 18.0 Å². The number of piperazine rings is 1. The van der Waals surface area contributed by atoms with E-state index >= 15 is 0 Å². The van der Waals surface area contributed by atoms with Crippen molar-refractivity contribution in [2.45, 2.75) is 6.42 Å². The summed E-state index contributed by atoms with van der Waals surface area (Å²) in [6.07, 6.45) is 0.922. The number of nitrogens with zero attached hydrogens (tertiary/aromatic N) is 4. The summed E-state index contributed by atoms with van der Waals surface area (Å²) in [4.78, 5) is 4.68. The Labute approximate surface area is 206 Å². The highest BCUT2D eigenvalue weighted by Gasteiger charge is 2.20. The second-order valence-corrected chi connectivity index (χ2v) is 8.96. The van der Waals surface area contributed by atoms with Gasteiger partial charge in [0, 0.05) is 55.1 Å². The van der Waals surface area contributed by atoms with E-state index in [-0.39, 0.29) is 11.6 Å². The van der Waals surface area contributed by atoms with Crippen LogP contribution < -0.4 is 9.64 Å². The van der Waals surface area contributed by atoms with Crippen molar-refractivity contribution in [1.29, 1.82) is 0 Å². The van der Waals surface area contributed by atoms with E-state index in [1.807, 2.05) is 24.3 Å². The molecule has 3 aromatic carbocycles. The van der Waals surface area contributed by atoms with Crippen LogP contribution in [0.3, 0.4) is 0 Å². The van der Waals surface area contributed by atoms with E-state index in [0.29, 0.717) is 17.9 Å². The minimum absolute atomic E-state index is 0.262. The third-order valence-corrected chi connectivity index (χ3v) is 6.63. The molecule has 0 spiro atoms. The topological polar surface area (TPSA) is 70.4 Å². The minimum atomic E-state index is -0.347. The molecule has 7 nitrogen and oxygen atoms in total. The fraction of sp³-hybridized carbons (Fsp3) is 0.259. The molecule has 1 fully saturated rings. The second kappa shape index (κ2) is 9.58. The average molecular weight is 490 g/mol. The van der Waals surface area contributed by atoms with Gasteiger partial charge in [0.1, 0.15) is 23.1 Å². The number of benzene rings is 3. The fourth-order valence-electron chi connectivity index (χ4n) is 4.71. The first-order chi connectivity index (χ1) is 17.6. The number of hydrogen-bond donors (Lipinski definition) is 1. The van der Waals surface area contributed by atoms with Crippen LogP contribution in [0, 0.1) is 11.6 Å². The zero-order valence-corrected chi connectivity index (χ0v) is 19.6. The standard InChI is InChI=1S/C27H25F2N5O2/c28-19-4-8-22-24(16-19)30-31-27(22)34-13-11-33(12-14-34)10-1-15-35-21-6-2-18(3-7-21)26-23-9-5-20(29)17-25(23)36-32-26/h2-9,16-17H,1,10-15H2,(H,30,31). The Hall–Kier alpha value is -3.98. The van der Waals surface area contributed by atoms with Crippen molar-refractivity contribution in [2.24, 2.45) is 0 Å². The first kappa shape index (κ1) is 22.5. The maximum atomic E-state index is 13.4. The molecule has 0 unspecified atom stereocenters. The lowest BCUT2D eigenvalue weighted by atomic mass is 10.1. The van der Waals surface area contributed by atoms with Crippen molar-refractivity contribution in [3.05, 3.63) is 72.3 Å². The van der Waals surface area contributed by atoms with Gasteiger partial charge in [0.2, 0.25) is 0 Å². The van der Waals surface area contributed by atoms with Crippen LogP contribution in [-0.2, 0) is 0 Å². The van der Waals surface area contributed by atoms with Crippen molar-refractivity contribution in [3.63, 3.8) is 0 Å². The second-order valence-electron chi connectivity index (χ2n) is 8.96. The van der Waals surface area contributed by atoms with Crippen molar-refractivity contribution in [1.82, 2.24) is 20.3 Å². The van der Waals surface area contributed by atoms with Gasteiger partial charge in [-0.25, -0.2) is 8.78 Å². The van der Waals surface area contributed by atoms with Gasteiger partial charge in [-0.05, 0) is 61.0 Å². The van der Waals surface area contributed by atoms with E-state index < -0.39 is 0 Å². The Morgan fingerprint density at radius 2 is 1.64 bits per heavy atom. The van der Waals surface area contributed by atoms with Crippen LogP contribution in [0.1, 0.15) is 6.42 Å². The van der Waals surface area contributed by atoms with E-state index in [1.165, 1.54) is 24.3 Å². The number of aromatic amines is 1. The maximum Gasteiger partial charge on any atom is 0.170 e. The maximum absolute atomic E-state index is 13.4. The molecule has 1 aliphatic heterocycles. The smallest absolute Gasteiger partial charge is 0.170 e. The van der Waals surface area contributed by atoms with Gasteiger partial charge in [-0.1, -0.05) is 5.16 Å². The molecule has 0 radical (unpaired) electrons. The highest BCUT2D eigenvalue weighted by molar-refractivity contribution is 5.91. The number of fused-ring (bicyclic) bond motifs is 2. The van der Waals surface area contributed by atoms with Crippen molar-refractivity contribution in [2.75, 3.05) is 44.2 Å². The molecule has 6 rings (SSSR count). The van der Waals surface area contributed by atoms with E-state index in [2.05, 4.69) is 25.2 Å². The predicted molar refractivity (Wildman–Crippen MR) is 134 cm³/mol. The van der Waals surface area contributed by atoms with Gasteiger partial charge in [0.05, 0.1) is 12.1 Å². The molecule has 0 saturated carbocycles. The van der Waals surface area contributed by atoms with Crippen LogP contribution in [0.15, 0.2) is 65.2 Å². The zero-order valence-electron chi connectivity index (χ0n) is 19.6. The number of rotatable bonds is 7. The molecule has 5 aromatic rings. The summed E-state index contributed by atoms with van der Waals surface area (Å²) < 4.78 is 38.0. The molecule has 36 heavy (non-hydrogen) atoms. The van der Waals surface area contributed by atoms with Crippen LogP contribution in [-0.4, -0.2) is 59.6 Å². The Bertz CT molecular complexity index is 1490. The number of halogens is 2. The van der Waals surface area contributed by atoms with Crippen LogP contribution in [0.25, 0.3) is 33.1 Å². The molecule has 0 atom stereocenters. The minimum Gasteiger partial charge on any atom is -0.494 e. The van der Waals surface area contributed by atoms with Gasteiger partial charge >= 0.3 is 0 Å². The lowest BCUT2D eigenvalue weighted by Gasteiger charge is -2.35. The Morgan fingerprint density at radius 3 is 2.44 bits per heavy atom. The van der Waals surface area contributed by atoms with E-state index in [4.69, 9.17) is 9.26 Å². The summed E-state index contributed by atoms with van der Waals surface area (Å²) in [6, 6.07) is 16.9. The monoisotopic (exact) mass is 489 g/mol. The molecule has 3 heterocycles. The van der Waals surface area contributed by atoms with Gasteiger partial charge < -0.3 is 14.2 Å². The SMILES string of the molecule is Fc1ccc2c(N3CCN(CCCOc4ccc(-c5noc6cc(F)ccc56)cc4)CC3)n[nH]c2c1. The Balaban J connectivity index is 0.972. The molecule has 9 heteroatoms. The first-order valence-corrected chi connectivity index (χ1v) is 12.0. The normalized spacial score (nSPS) is 14.7. The molecule has 184 valence electrons. The first-order valence-electron chi connectivity index (χ1n) is 12.0. The largest absolute Gasteiger partial charge is 0.494 e. The lowest BCUT2D eigenvalue weighted by molar-refractivity contribution is 0.224. The molecule has 1 aliphatic rings. The van der Waals surface area contributed by atoms with Gasteiger partial charge in [0.15, 0.2) is 11.4 Å². The van der Waals surface area contributed by atoms with Crippen LogP contribution in [0.4, 0.5) is 14.6 Å². The van der Waals surface area contributed by atoms with Crippen molar-refractivity contribution >= 4 is 27.7 Å². The summed E-state index contributed by atoms with van der Waals surface area (Å²) in [6.45, 7) is 5.23. The highest BCUT2D eigenvalue weighted by Crippen LogP contribution is 2.30. The summed E-state index contributed by atoms with van der Waals surface area (Å²) in [5.41, 5.74) is 2.73. The number of anilines is 1. The Morgan fingerprint density at radius 1 is 0.889 bits per heavy atom. The van der Waals surface area contributed by atoms with Crippen molar-refractivity contribution in [3.8, 4) is 17.0 Å². The third kappa shape index (κ3) is 4.49. The molecule has 0 aliphatic carbocycles. The Kier molecular flexibility index (Phi) is 5.98. The summed E-state index contributed by atoms with van der Waals surface area (Å²) in [5, 5.41) is 13.2. The number of H-pyrrole nitrogens is 1. The molecule has 2 aromatic heterocycles. The number of nitrogens with one attached hydrogen (secondary N) is 1. The molecule has 0 amide bonds. The van der Waals surface area contributed by atoms with Gasteiger partial charge in [0.25, 0.3) is 0 Å². The highest BCUT2D eigenvalue weighted by atomic mass is 19.1. The van der Waals surface area contributed by atoms with Crippen LogP contribution in [0.5, 0.6) is 5.75 Å². The van der Waals surface area contributed by atoms with Gasteiger partial charge in [-0.15, -0.1) is 0 Å². The summed E-state index contributed by atoms with van der Waals surface area (Å²) in [7, 11) is 0. The predicted octanol–water partition coefficient (Wildman–Crippen LogP) is 5.24. The number of ether oxygens (including phenoxy) is 1. The molecule has 1 N–H and O–H groups in total. The quantitative estimate of drug-likeness (QED) is 0.315. The third-order valence-electron chi connectivity index (χ3n) is 6.63. The summed E-state index contributed by atoms with van der Waals surface area (Å²) in [5.74, 6) is 1.08. The molecule has 0 bridgehead atoms. The van der Waals surface area contributed by atoms with Gasteiger partial charge in [-0.2, -0.15) is 5.10 Å². The number of aromatic nitrogens is 3.